The molecule has 1 fully saturated rings. The van der Waals surface area contributed by atoms with Gasteiger partial charge >= 0.3 is 0 Å². The largest absolute Gasteiger partial charge is 0.144 e. The molecule has 0 nitrogen and oxygen atoms in total. The van der Waals surface area contributed by atoms with Gasteiger partial charge in [-0.1, -0.05) is 75.8 Å². The Kier molecular flexibility index (Phi) is 4.09. The third kappa shape index (κ3) is 2.51. The van der Waals surface area contributed by atoms with Crippen LogP contribution in [0.4, 0.5) is 0 Å². The van der Waals surface area contributed by atoms with Crippen molar-refractivity contribution >= 4 is 6.71 Å². The van der Waals surface area contributed by atoms with Gasteiger partial charge in [0.05, 0.1) is 0 Å². The molecule has 2 rings (SSSR count). The van der Waals surface area contributed by atoms with Crippen LogP contribution in [0, 0.1) is 11.8 Å². The van der Waals surface area contributed by atoms with Gasteiger partial charge in [-0.2, -0.15) is 0 Å². The van der Waals surface area contributed by atoms with E-state index >= 15 is 0 Å². The predicted molar refractivity (Wildman–Crippen MR) is 74.1 cm³/mol. The van der Waals surface area contributed by atoms with E-state index in [2.05, 4.69) is 50.3 Å². The maximum absolute atomic E-state index is 2.42. The molecule has 3 atom stereocenters. The molecule has 0 aromatic carbocycles. The summed E-state index contributed by atoms with van der Waals surface area (Å²) in [7, 11) is 0. The fourth-order valence-corrected chi connectivity index (χ4v) is 3.31. The zero-order valence-corrected chi connectivity index (χ0v) is 10.6. The van der Waals surface area contributed by atoms with Crippen molar-refractivity contribution in [1.82, 2.24) is 0 Å². The number of rotatable bonds is 5. The predicted octanol–water partition coefficient (Wildman–Crippen LogP) is 4.60. The number of hydrogen-bond donors (Lipinski definition) is 0. The van der Waals surface area contributed by atoms with E-state index in [1.165, 1.54) is 25.5 Å². The van der Waals surface area contributed by atoms with Gasteiger partial charge < -0.3 is 0 Å². The molecule has 1 heteroatoms. The molecule has 86 valence electrons. The third-order valence-electron chi connectivity index (χ3n) is 4.06. The fourth-order valence-electron chi connectivity index (χ4n) is 3.31. The molecule has 2 aliphatic rings. The van der Waals surface area contributed by atoms with Crippen LogP contribution in [0.25, 0.3) is 0 Å². The van der Waals surface area contributed by atoms with E-state index in [4.69, 9.17) is 0 Å². The average molecular weight is 214 g/mol. The molecular formula is C15H23B. The van der Waals surface area contributed by atoms with Crippen molar-refractivity contribution in [3.05, 3.63) is 36.5 Å². The van der Waals surface area contributed by atoms with Gasteiger partial charge in [0.15, 0.2) is 0 Å². The monoisotopic (exact) mass is 214 g/mol. The van der Waals surface area contributed by atoms with Crippen LogP contribution in [-0.4, -0.2) is 6.71 Å². The van der Waals surface area contributed by atoms with Crippen LogP contribution in [0.5, 0.6) is 0 Å². The van der Waals surface area contributed by atoms with Crippen LogP contribution in [-0.2, 0) is 0 Å². The van der Waals surface area contributed by atoms with E-state index in [-0.39, 0.29) is 0 Å². The van der Waals surface area contributed by atoms with E-state index in [1.807, 2.05) is 0 Å². The summed E-state index contributed by atoms with van der Waals surface area (Å²) in [6.45, 7) is 5.60. The minimum absolute atomic E-state index is 0.837. The van der Waals surface area contributed by atoms with Gasteiger partial charge in [-0.15, -0.1) is 0 Å². The molecule has 0 saturated heterocycles. The van der Waals surface area contributed by atoms with Gasteiger partial charge in [0.2, 0.25) is 0 Å². The second kappa shape index (κ2) is 5.56. The van der Waals surface area contributed by atoms with Crippen LogP contribution in [0.1, 0.15) is 26.7 Å². The standard InChI is InChI=1S/C15H23B/c1-3-11-16(12-4-2)15-13-9-7-5-6-8-10-14(13)15/h5-10,13-15H,3-4,11-12H2,1-2H3/b6-5-,9-7-,10-8-/t13-,14+,15?. The first-order valence-electron chi connectivity index (χ1n) is 6.90. The lowest BCUT2D eigenvalue weighted by molar-refractivity contribution is 0.972. The topological polar surface area (TPSA) is 0 Å². The maximum atomic E-state index is 2.42. The maximum Gasteiger partial charge on any atom is 0.144 e. The summed E-state index contributed by atoms with van der Waals surface area (Å²) in [5, 5.41) is 0. The van der Waals surface area contributed by atoms with Crippen LogP contribution in [0.15, 0.2) is 36.5 Å². The summed E-state index contributed by atoms with van der Waals surface area (Å²) in [5.41, 5.74) is 0. The summed E-state index contributed by atoms with van der Waals surface area (Å²) in [4.78, 5) is 0. The van der Waals surface area contributed by atoms with Crippen LogP contribution >= 0.6 is 0 Å². The molecule has 16 heavy (non-hydrogen) atoms. The minimum atomic E-state index is 0.837. The molecule has 2 aliphatic carbocycles. The second-order valence-electron chi connectivity index (χ2n) is 5.22. The lowest BCUT2D eigenvalue weighted by Crippen LogP contribution is -2.13. The van der Waals surface area contributed by atoms with Crippen molar-refractivity contribution in [1.29, 1.82) is 0 Å². The number of hydrogen-bond acceptors (Lipinski definition) is 0. The SMILES string of the molecule is CCCB(CCC)C1[C@H]2\C=C/C=C\C=C/[C@@H]12. The van der Waals surface area contributed by atoms with Gasteiger partial charge in [0.1, 0.15) is 6.71 Å². The van der Waals surface area contributed by atoms with Gasteiger partial charge in [-0.25, -0.2) is 0 Å². The Balaban J connectivity index is 2.00. The van der Waals surface area contributed by atoms with Gasteiger partial charge in [0, 0.05) is 0 Å². The Morgan fingerprint density at radius 2 is 1.31 bits per heavy atom. The van der Waals surface area contributed by atoms with E-state index in [0.29, 0.717) is 0 Å². The molecule has 1 unspecified atom stereocenters. The molecule has 0 bridgehead atoms. The Hall–Kier alpha value is -0.715. The first-order chi connectivity index (χ1) is 7.88. The smallest absolute Gasteiger partial charge is 0.0812 e. The summed E-state index contributed by atoms with van der Waals surface area (Å²) in [5.74, 6) is 2.61. The highest BCUT2D eigenvalue weighted by atomic mass is 14.5. The van der Waals surface area contributed by atoms with Gasteiger partial charge in [0.25, 0.3) is 0 Å². The Labute approximate surface area is 101 Å². The number of allylic oxidation sites excluding steroid dienone is 6. The van der Waals surface area contributed by atoms with E-state index in [9.17, 15) is 0 Å². The molecule has 0 aromatic rings. The minimum Gasteiger partial charge on any atom is -0.0812 e. The van der Waals surface area contributed by atoms with Crippen molar-refractivity contribution in [2.75, 3.05) is 0 Å². The van der Waals surface area contributed by atoms with Crippen molar-refractivity contribution in [3.63, 3.8) is 0 Å². The molecular weight excluding hydrogens is 191 g/mol. The Morgan fingerprint density at radius 1 is 0.812 bits per heavy atom. The lowest BCUT2D eigenvalue weighted by Gasteiger charge is -2.10. The van der Waals surface area contributed by atoms with Crippen molar-refractivity contribution < 1.29 is 0 Å². The molecule has 0 amide bonds. The third-order valence-corrected chi connectivity index (χ3v) is 4.06. The van der Waals surface area contributed by atoms with Gasteiger partial charge in [-0.05, 0) is 17.7 Å². The summed E-state index contributed by atoms with van der Waals surface area (Å²) >= 11 is 0. The Bertz CT molecular complexity index is 273. The second-order valence-corrected chi connectivity index (χ2v) is 5.22. The highest BCUT2D eigenvalue weighted by Gasteiger charge is 2.50. The van der Waals surface area contributed by atoms with E-state index < -0.39 is 0 Å². The van der Waals surface area contributed by atoms with E-state index in [0.717, 1.165) is 24.4 Å². The summed E-state index contributed by atoms with van der Waals surface area (Å²) < 4.78 is 0. The highest BCUT2D eigenvalue weighted by molar-refractivity contribution is 6.61. The van der Waals surface area contributed by atoms with Crippen LogP contribution in [0.2, 0.25) is 18.5 Å². The highest BCUT2D eigenvalue weighted by Crippen LogP contribution is 2.57. The molecule has 0 aliphatic heterocycles. The first-order valence-corrected chi connectivity index (χ1v) is 6.90. The summed E-state index contributed by atoms with van der Waals surface area (Å²) in [6, 6.07) is 0. The summed E-state index contributed by atoms with van der Waals surface area (Å²) in [6.07, 6.45) is 19.1. The van der Waals surface area contributed by atoms with E-state index in [1.54, 1.807) is 0 Å². The fraction of sp³-hybridized carbons (Fsp3) is 0.600. The lowest BCUT2D eigenvalue weighted by atomic mass is 9.39. The molecule has 0 heterocycles. The van der Waals surface area contributed by atoms with Crippen molar-refractivity contribution in [3.8, 4) is 0 Å². The zero-order chi connectivity index (χ0) is 11.4. The molecule has 0 spiro atoms. The quantitative estimate of drug-likeness (QED) is 0.586. The van der Waals surface area contributed by atoms with Gasteiger partial charge in [-0.3, -0.25) is 0 Å². The molecule has 1 saturated carbocycles. The average Bonchev–Trinajstić information content (AvgIpc) is 2.89. The molecule has 0 N–H and O–H groups in total. The van der Waals surface area contributed by atoms with Crippen LogP contribution < -0.4 is 0 Å². The normalized spacial score (nSPS) is 36.8. The zero-order valence-electron chi connectivity index (χ0n) is 10.6. The Morgan fingerprint density at radius 3 is 1.75 bits per heavy atom. The van der Waals surface area contributed by atoms with Crippen molar-refractivity contribution in [2.24, 2.45) is 11.8 Å². The molecule has 0 aromatic heterocycles. The molecule has 0 radical (unpaired) electrons. The van der Waals surface area contributed by atoms with Crippen LogP contribution in [0.3, 0.4) is 0 Å². The first kappa shape index (κ1) is 11.8. The number of fused-ring (bicyclic) bond motifs is 1. The van der Waals surface area contributed by atoms with Crippen molar-refractivity contribution in [2.45, 2.75) is 45.1 Å².